The van der Waals surface area contributed by atoms with Crippen molar-refractivity contribution in [1.29, 1.82) is 0 Å². The highest BCUT2D eigenvalue weighted by Crippen LogP contribution is 2.18. The highest BCUT2D eigenvalue weighted by atomic mass is 16.5. The summed E-state index contributed by atoms with van der Waals surface area (Å²) in [5.41, 5.74) is 2.46. The zero-order valence-corrected chi connectivity index (χ0v) is 12.3. The van der Waals surface area contributed by atoms with Gasteiger partial charge in [-0.3, -0.25) is 0 Å². The van der Waals surface area contributed by atoms with E-state index in [-0.39, 0.29) is 0 Å². The molecule has 110 valence electrons. The van der Waals surface area contributed by atoms with Gasteiger partial charge in [-0.05, 0) is 24.1 Å². The van der Waals surface area contributed by atoms with Crippen molar-refractivity contribution in [3.05, 3.63) is 66.2 Å². The molecule has 1 heterocycles. The lowest BCUT2D eigenvalue weighted by Gasteiger charge is -2.11. The number of aryl methyl sites for hydroxylation is 2. The SMILES string of the molecule is COC=C(C(=O)OC)c1cccn1CCc1ccccc1. The summed E-state index contributed by atoms with van der Waals surface area (Å²) in [6.07, 6.45) is 4.26. The topological polar surface area (TPSA) is 40.5 Å². The van der Waals surface area contributed by atoms with E-state index in [4.69, 9.17) is 9.47 Å². The number of rotatable bonds is 6. The molecule has 4 nitrogen and oxygen atoms in total. The van der Waals surface area contributed by atoms with Crippen LogP contribution in [0.1, 0.15) is 11.3 Å². The largest absolute Gasteiger partial charge is 0.503 e. The van der Waals surface area contributed by atoms with E-state index in [9.17, 15) is 4.79 Å². The number of esters is 1. The van der Waals surface area contributed by atoms with E-state index in [0.717, 1.165) is 18.7 Å². The Balaban J connectivity index is 2.17. The molecule has 21 heavy (non-hydrogen) atoms. The fraction of sp³-hybridized carbons (Fsp3) is 0.235. The number of methoxy groups -OCH3 is 2. The van der Waals surface area contributed by atoms with Gasteiger partial charge in [-0.1, -0.05) is 30.3 Å². The number of nitrogens with zero attached hydrogens (tertiary/aromatic N) is 1. The van der Waals surface area contributed by atoms with Gasteiger partial charge in [0.15, 0.2) is 0 Å². The Kier molecular flexibility index (Phi) is 5.21. The van der Waals surface area contributed by atoms with Gasteiger partial charge in [0.05, 0.1) is 26.2 Å². The maximum atomic E-state index is 11.8. The standard InChI is InChI=1S/C17H19NO3/c1-20-13-15(17(19)21-2)16-9-6-11-18(16)12-10-14-7-4-3-5-8-14/h3-9,11,13H,10,12H2,1-2H3. The maximum Gasteiger partial charge on any atom is 0.343 e. The van der Waals surface area contributed by atoms with Crippen molar-refractivity contribution in [2.24, 2.45) is 0 Å². The molecular weight excluding hydrogens is 266 g/mol. The molecule has 1 aromatic heterocycles. The number of carbonyl (C=O) groups is 1. The normalized spacial score (nSPS) is 11.2. The smallest absolute Gasteiger partial charge is 0.343 e. The van der Waals surface area contributed by atoms with Crippen LogP contribution in [0.25, 0.3) is 5.57 Å². The molecule has 0 saturated carbocycles. The van der Waals surface area contributed by atoms with Crippen LogP contribution in [0.5, 0.6) is 0 Å². The van der Waals surface area contributed by atoms with Gasteiger partial charge < -0.3 is 14.0 Å². The molecule has 0 aliphatic heterocycles. The Hall–Kier alpha value is -2.49. The molecule has 2 rings (SSSR count). The third-order valence-corrected chi connectivity index (χ3v) is 3.23. The number of benzene rings is 1. The molecule has 0 radical (unpaired) electrons. The lowest BCUT2D eigenvalue weighted by Crippen LogP contribution is -2.10. The lowest BCUT2D eigenvalue weighted by molar-refractivity contribution is -0.133. The van der Waals surface area contributed by atoms with Crippen molar-refractivity contribution >= 4 is 11.5 Å². The number of ether oxygens (including phenoxy) is 2. The Morgan fingerprint density at radius 1 is 1.14 bits per heavy atom. The molecule has 0 N–H and O–H groups in total. The molecule has 0 unspecified atom stereocenters. The second-order valence-electron chi connectivity index (χ2n) is 4.58. The van der Waals surface area contributed by atoms with E-state index >= 15 is 0 Å². The molecule has 0 saturated heterocycles. The maximum absolute atomic E-state index is 11.8. The first kappa shape index (κ1) is 14.9. The molecule has 0 bridgehead atoms. The van der Waals surface area contributed by atoms with Crippen molar-refractivity contribution < 1.29 is 14.3 Å². The zero-order chi connectivity index (χ0) is 15.1. The number of hydrogen-bond donors (Lipinski definition) is 0. The quantitative estimate of drug-likeness (QED) is 0.465. The second-order valence-corrected chi connectivity index (χ2v) is 4.58. The number of hydrogen-bond acceptors (Lipinski definition) is 3. The second kappa shape index (κ2) is 7.33. The molecule has 0 spiro atoms. The summed E-state index contributed by atoms with van der Waals surface area (Å²) in [7, 11) is 2.88. The van der Waals surface area contributed by atoms with Crippen molar-refractivity contribution in [2.75, 3.05) is 14.2 Å². The fourth-order valence-electron chi connectivity index (χ4n) is 2.19. The van der Waals surface area contributed by atoms with E-state index in [1.165, 1.54) is 26.0 Å². The molecule has 1 aromatic carbocycles. The van der Waals surface area contributed by atoms with Crippen LogP contribution in [0.4, 0.5) is 0 Å². The first-order valence-electron chi connectivity index (χ1n) is 6.77. The fourth-order valence-corrected chi connectivity index (χ4v) is 2.19. The molecule has 4 heteroatoms. The molecule has 0 aliphatic rings. The van der Waals surface area contributed by atoms with Gasteiger partial charge in [-0.15, -0.1) is 0 Å². The van der Waals surface area contributed by atoms with Crippen LogP contribution in [-0.2, 0) is 27.2 Å². The third kappa shape index (κ3) is 3.75. The summed E-state index contributed by atoms with van der Waals surface area (Å²) >= 11 is 0. The minimum atomic E-state index is -0.406. The van der Waals surface area contributed by atoms with E-state index in [2.05, 4.69) is 12.1 Å². The monoisotopic (exact) mass is 285 g/mol. The van der Waals surface area contributed by atoms with Crippen LogP contribution < -0.4 is 0 Å². The van der Waals surface area contributed by atoms with Crippen LogP contribution in [0, 0.1) is 0 Å². The van der Waals surface area contributed by atoms with E-state index < -0.39 is 5.97 Å². The third-order valence-electron chi connectivity index (χ3n) is 3.23. The first-order chi connectivity index (χ1) is 10.3. The molecule has 0 amide bonds. The Labute approximate surface area is 124 Å². The van der Waals surface area contributed by atoms with Crippen molar-refractivity contribution in [2.45, 2.75) is 13.0 Å². The minimum absolute atomic E-state index is 0.406. The number of carbonyl (C=O) groups excluding carboxylic acids is 1. The van der Waals surface area contributed by atoms with E-state index in [1.807, 2.05) is 41.1 Å². The van der Waals surface area contributed by atoms with Crippen LogP contribution in [0.15, 0.2) is 54.9 Å². The first-order valence-corrected chi connectivity index (χ1v) is 6.77. The molecule has 0 aliphatic carbocycles. The Morgan fingerprint density at radius 3 is 2.57 bits per heavy atom. The van der Waals surface area contributed by atoms with Gasteiger partial charge in [-0.25, -0.2) is 4.79 Å². The van der Waals surface area contributed by atoms with Gasteiger partial charge in [0.25, 0.3) is 0 Å². The highest BCUT2D eigenvalue weighted by molar-refractivity contribution is 6.15. The van der Waals surface area contributed by atoms with E-state index in [1.54, 1.807) is 0 Å². The lowest BCUT2D eigenvalue weighted by atomic mass is 10.1. The summed E-state index contributed by atoms with van der Waals surface area (Å²) in [6.45, 7) is 0.782. The van der Waals surface area contributed by atoms with Gasteiger partial charge in [-0.2, -0.15) is 0 Å². The predicted molar refractivity (Wildman–Crippen MR) is 81.6 cm³/mol. The average Bonchev–Trinajstić information content (AvgIpc) is 2.99. The van der Waals surface area contributed by atoms with Gasteiger partial charge in [0.1, 0.15) is 5.57 Å². The summed E-state index contributed by atoms with van der Waals surface area (Å²) in [6, 6.07) is 14.0. The van der Waals surface area contributed by atoms with E-state index in [0.29, 0.717) is 5.57 Å². The molecule has 0 fully saturated rings. The summed E-state index contributed by atoms with van der Waals surface area (Å²) in [5.74, 6) is -0.406. The van der Waals surface area contributed by atoms with Crippen molar-refractivity contribution in [1.82, 2.24) is 4.57 Å². The van der Waals surface area contributed by atoms with Crippen LogP contribution in [-0.4, -0.2) is 24.8 Å². The molecular formula is C17H19NO3. The van der Waals surface area contributed by atoms with Crippen LogP contribution in [0.2, 0.25) is 0 Å². The highest BCUT2D eigenvalue weighted by Gasteiger charge is 2.16. The van der Waals surface area contributed by atoms with Crippen LogP contribution in [0.3, 0.4) is 0 Å². The van der Waals surface area contributed by atoms with Gasteiger partial charge in [0.2, 0.25) is 0 Å². The summed E-state index contributed by atoms with van der Waals surface area (Å²) in [4.78, 5) is 11.8. The Bertz CT molecular complexity index is 614. The van der Waals surface area contributed by atoms with Gasteiger partial charge >= 0.3 is 5.97 Å². The predicted octanol–water partition coefficient (Wildman–Crippen LogP) is 2.89. The zero-order valence-electron chi connectivity index (χ0n) is 12.3. The Morgan fingerprint density at radius 2 is 1.90 bits per heavy atom. The summed E-state index contributed by atoms with van der Waals surface area (Å²) in [5, 5.41) is 0. The summed E-state index contributed by atoms with van der Waals surface area (Å²) < 4.78 is 11.8. The van der Waals surface area contributed by atoms with Crippen LogP contribution >= 0.6 is 0 Å². The number of aromatic nitrogens is 1. The minimum Gasteiger partial charge on any atom is -0.503 e. The molecule has 2 aromatic rings. The van der Waals surface area contributed by atoms with Crippen molar-refractivity contribution in [3.63, 3.8) is 0 Å². The molecule has 0 atom stereocenters. The van der Waals surface area contributed by atoms with Crippen molar-refractivity contribution in [3.8, 4) is 0 Å². The van der Waals surface area contributed by atoms with Gasteiger partial charge in [0, 0.05) is 12.7 Å². The average molecular weight is 285 g/mol.